The highest BCUT2D eigenvalue weighted by Crippen LogP contribution is 2.27. The summed E-state index contributed by atoms with van der Waals surface area (Å²) in [6.07, 6.45) is -3.69. The van der Waals surface area contributed by atoms with Gasteiger partial charge < -0.3 is 15.4 Å². The van der Waals surface area contributed by atoms with Crippen LogP contribution in [0.5, 0.6) is 5.75 Å². The highest BCUT2D eigenvalue weighted by Gasteiger charge is 2.32. The number of alkyl halides is 3. The zero-order chi connectivity index (χ0) is 19.2. The second kappa shape index (κ2) is 8.32. The van der Waals surface area contributed by atoms with E-state index in [1.165, 1.54) is 0 Å². The predicted molar refractivity (Wildman–Crippen MR) is 87.8 cm³/mol. The van der Waals surface area contributed by atoms with E-state index in [1.54, 1.807) is 31.2 Å². The van der Waals surface area contributed by atoms with Crippen molar-refractivity contribution < 1.29 is 27.5 Å². The molecule has 1 aromatic carbocycles. The normalized spacial score (nSPS) is 10.9. The number of rotatable bonds is 6. The second-order valence-corrected chi connectivity index (χ2v) is 5.15. The average molecular weight is 367 g/mol. The van der Waals surface area contributed by atoms with E-state index in [9.17, 15) is 22.8 Å². The van der Waals surface area contributed by atoms with Crippen LogP contribution in [0.2, 0.25) is 0 Å². The van der Waals surface area contributed by atoms with Crippen LogP contribution in [0.4, 0.5) is 18.9 Å². The number of hydrogen-bond acceptors (Lipinski definition) is 4. The Bertz CT molecular complexity index is 760. The molecule has 0 aliphatic heterocycles. The van der Waals surface area contributed by atoms with E-state index in [1.807, 2.05) is 0 Å². The third kappa shape index (κ3) is 5.47. The van der Waals surface area contributed by atoms with E-state index in [4.69, 9.17) is 4.74 Å². The number of amides is 2. The molecule has 2 aromatic rings. The molecule has 0 bridgehead atoms. The van der Waals surface area contributed by atoms with Gasteiger partial charge in [0.2, 0.25) is 0 Å². The molecule has 0 radical (unpaired) electrons. The number of halogens is 3. The molecule has 0 atom stereocenters. The lowest BCUT2D eigenvalue weighted by molar-refractivity contribution is -0.141. The lowest BCUT2D eigenvalue weighted by Gasteiger charge is -2.09. The third-order valence-corrected chi connectivity index (χ3v) is 3.17. The fourth-order valence-electron chi connectivity index (χ4n) is 1.93. The summed E-state index contributed by atoms with van der Waals surface area (Å²) in [7, 11) is 0. The lowest BCUT2D eigenvalue weighted by Crippen LogP contribution is -2.28. The molecule has 2 N–H and O–H groups in total. The molecule has 0 aliphatic rings. The zero-order valence-electron chi connectivity index (χ0n) is 13.8. The number of nitrogens with one attached hydrogen (secondary N) is 2. The number of likely N-dealkylation sites (N-methyl/N-ethyl adjacent to an activating group) is 1. The molecule has 0 unspecified atom stereocenters. The number of hydrogen-bond donors (Lipinski definition) is 2. The summed E-state index contributed by atoms with van der Waals surface area (Å²) in [5, 5.41) is 5.12. The molecule has 0 fully saturated rings. The van der Waals surface area contributed by atoms with E-state index in [0.717, 1.165) is 18.3 Å². The number of ether oxygens (including phenoxy) is 1. The smallest absolute Gasteiger partial charge is 0.433 e. The molecule has 0 saturated heterocycles. The standard InChI is InChI=1S/C17H16F3N3O3/c1-2-21-15(24)10-26-13-6-4-12(5-7-13)23-16(25)11-3-8-14(22-9-11)17(18,19)20/h3-9H,2,10H2,1H3,(H,21,24)(H,23,25). The van der Waals surface area contributed by atoms with Gasteiger partial charge in [-0.15, -0.1) is 0 Å². The van der Waals surface area contributed by atoms with Crippen LogP contribution in [0, 0.1) is 0 Å². The molecule has 2 amide bonds. The summed E-state index contributed by atoms with van der Waals surface area (Å²) in [6.45, 7) is 2.17. The fraction of sp³-hybridized carbons (Fsp3) is 0.235. The number of anilines is 1. The van der Waals surface area contributed by atoms with Gasteiger partial charge >= 0.3 is 6.18 Å². The van der Waals surface area contributed by atoms with E-state index in [-0.39, 0.29) is 18.1 Å². The first-order chi connectivity index (χ1) is 12.3. The first-order valence-corrected chi connectivity index (χ1v) is 7.63. The van der Waals surface area contributed by atoms with Crippen LogP contribution < -0.4 is 15.4 Å². The monoisotopic (exact) mass is 367 g/mol. The summed E-state index contributed by atoms with van der Waals surface area (Å²) in [5.74, 6) is -0.410. The molecule has 0 spiro atoms. The Kier molecular flexibility index (Phi) is 6.16. The number of carbonyl (C=O) groups excluding carboxylic acids is 2. The number of aromatic nitrogens is 1. The molecule has 9 heteroatoms. The van der Waals surface area contributed by atoms with E-state index >= 15 is 0 Å². The van der Waals surface area contributed by atoms with Crippen molar-refractivity contribution in [3.8, 4) is 5.75 Å². The molecule has 26 heavy (non-hydrogen) atoms. The van der Waals surface area contributed by atoms with E-state index in [0.29, 0.717) is 18.0 Å². The summed E-state index contributed by atoms with van der Waals surface area (Å²) in [5.41, 5.74) is -0.655. The van der Waals surface area contributed by atoms with Gasteiger partial charge in [-0.25, -0.2) is 0 Å². The molecule has 138 valence electrons. The average Bonchev–Trinajstić information content (AvgIpc) is 2.61. The van der Waals surface area contributed by atoms with Crippen molar-refractivity contribution in [3.63, 3.8) is 0 Å². The predicted octanol–water partition coefficient (Wildman–Crippen LogP) is 2.87. The zero-order valence-corrected chi connectivity index (χ0v) is 13.8. The molecule has 2 rings (SSSR count). The number of benzene rings is 1. The number of carbonyl (C=O) groups is 2. The lowest BCUT2D eigenvalue weighted by atomic mass is 10.2. The quantitative estimate of drug-likeness (QED) is 0.823. The minimum atomic E-state index is -4.56. The maximum Gasteiger partial charge on any atom is 0.433 e. The summed E-state index contributed by atoms with van der Waals surface area (Å²) in [6, 6.07) is 7.99. The maximum atomic E-state index is 12.5. The van der Waals surface area contributed by atoms with Crippen molar-refractivity contribution in [1.29, 1.82) is 0 Å². The third-order valence-electron chi connectivity index (χ3n) is 3.17. The van der Waals surface area contributed by atoms with Gasteiger partial charge in [-0.2, -0.15) is 13.2 Å². The van der Waals surface area contributed by atoms with Gasteiger partial charge in [-0.05, 0) is 43.3 Å². The van der Waals surface area contributed by atoms with Crippen molar-refractivity contribution in [3.05, 3.63) is 53.9 Å². The Morgan fingerprint density at radius 3 is 2.35 bits per heavy atom. The van der Waals surface area contributed by atoms with Crippen molar-refractivity contribution in [2.75, 3.05) is 18.5 Å². The molecule has 6 nitrogen and oxygen atoms in total. The topological polar surface area (TPSA) is 80.3 Å². The summed E-state index contributed by atoms with van der Waals surface area (Å²) < 4.78 is 42.7. The molecule has 0 aliphatic carbocycles. The van der Waals surface area contributed by atoms with Gasteiger partial charge in [-0.1, -0.05) is 0 Å². The highest BCUT2D eigenvalue weighted by molar-refractivity contribution is 6.04. The summed E-state index contributed by atoms with van der Waals surface area (Å²) >= 11 is 0. The Hall–Kier alpha value is -3.10. The van der Waals surface area contributed by atoms with Gasteiger partial charge in [0, 0.05) is 18.4 Å². The minimum Gasteiger partial charge on any atom is -0.484 e. The van der Waals surface area contributed by atoms with Crippen LogP contribution >= 0.6 is 0 Å². The Morgan fingerprint density at radius 2 is 1.81 bits per heavy atom. The van der Waals surface area contributed by atoms with Gasteiger partial charge in [-0.3, -0.25) is 14.6 Å². The largest absolute Gasteiger partial charge is 0.484 e. The van der Waals surface area contributed by atoms with Crippen LogP contribution in [-0.2, 0) is 11.0 Å². The fourth-order valence-corrected chi connectivity index (χ4v) is 1.93. The maximum absolute atomic E-state index is 12.5. The molecular formula is C17H16F3N3O3. The van der Waals surface area contributed by atoms with Crippen molar-refractivity contribution >= 4 is 17.5 Å². The van der Waals surface area contributed by atoms with Gasteiger partial charge in [0.15, 0.2) is 6.61 Å². The minimum absolute atomic E-state index is 0.00503. The van der Waals surface area contributed by atoms with Crippen LogP contribution in [0.1, 0.15) is 23.0 Å². The van der Waals surface area contributed by atoms with Crippen molar-refractivity contribution in [1.82, 2.24) is 10.3 Å². The first-order valence-electron chi connectivity index (χ1n) is 7.63. The highest BCUT2D eigenvalue weighted by atomic mass is 19.4. The molecule has 1 heterocycles. The van der Waals surface area contributed by atoms with E-state index in [2.05, 4.69) is 15.6 Å². The number of pyridine rings is 1. The van der Waals surface area contributed by atoms with E-state index < -0.39 is 17.8 Å². The van der Waals surface area contributed by atoms with Gasteiger partial charge in [0.1, 0.15) is 11.4 Å². The van der Waals surface area contributed by atoms with Crippen molar-refractivity contribution in [2.24, 2.45) is 0 Å². The van der Waals surface area contributed by atoms with Gasteiger partial charge in [0.05, 0.1) is 5.56 Å². The Balaban J connectivity index is 1.94. The van der Waals surface area contributed by atoms with Gasteiger partial charge in [0.25, 0.3) is 11.8 Å². The Labute approximate surface area is 147 Å². The Morgan fingerprint density at radius 1 is 1.12 bits per heavy atom. The molecule has 1 aromatic heterocycles. The first kappa shape index (κ1) is 19.2. The second-order valence-electron chi connectivity index (χ2n) is 5.15. The SMILES string of the molecule is CCNC(=O)COc1ccc(NC(=O)c2ccc(C(F)(F)F)nc2)cc1. The van der Waals surface area contributed by atoms with Crippen molar-refractivity contribution in [2.45, 2.75) is 13.1 Å². The summed E-state index contributed by atoms with van der Waals surface area (Å²) in [4.78, 5) is 26.6. The van der Waals surface area contributed by atoms with Crippen LogP contribution in [0.3, 0.4) is 0 Å². The van der Waals surface area contributed by atoms with Crippen LogP contribution in [0.25, 0.3) is 0 Å². The molecular weight excluding hydrogens is 351 g/mol. The molecule has 0 saturated carbocycles. The van der Waals surface area contributed by atoms with Crippen LogP contribution in [-0.4, -0.2) is 29.9 Å². The van der Waals surface area contributed by atoms with Crippen LogP contribution in [0.15, 0.2) is 42.6 Å². The number of nitrogens with zero attached hydrogens (tertiary/aromatic N) is 1.